The zero-order valence-corrected chi connectivity index (χ0v) is 13.7. The molecule has 6 nitrogen and oxygen atoms in total. The lowest BCUT2D eigenvalue weighted by atomic mass is 9.91. The Morgan fingerprint density at radius 2 is 2.05 bits per heavy atom. The van der Waals surface area contributed by atoms with Crippen LogP contribution in [0.15, 0.2) is 0 Å². The van der Waals surface area contributed by atoms with Crippen molar-refractivity contribution in [3.63, 3.8) is 0 Å². The summed E-state index contributed by atoms with van der Waals surface area (Å²) in [6.45, 7) is 7.17. The maximum atomic E-state index is 12.2. The molecule has 0 amide bonds. The van der Waals surface area contributed by atoms with Crippen molar-refractivity contribution >= 4 is 10.2 Å². The highest BCUT2D eigenvalue weighted by molar-refractivity contribution is 7.87. The molecule has 0 saturated carbocycles. The first kappa shape index (κ1) is 17.8. The fourth-order valence-electron chi connectivity index (χ4n) is 2.59. The Balaban J connectivity index is 2.54. The largest absolute Gasteiger partial charge is 0.383 e. The summed E-state index contributed by atoms with van der Waals surface area (Å²) in [5.74, 6) is 0.384. The number of hydrogen-bond acceptors (Lipinski definition) is 4. The second-order valence-corrected chi connectivity index (χ2v) is 7.02. The van der Waals surface area contributed by atoms with E-state index in [2.05, 4.69) is 23.9 Å². The van der Waals surface area contributed by atoms with Gasteiger partial charge in [-0.25, -0.2) is 0 Å². The van der Waals surface area contributed by atoms with Crippen molar-refractivity contribution < 1.29 is 13.2 Å². The van der Waals surface area contributed by atoms with Gasteiger partial charge in [-0.1, -0.05) is 20.3 Å². The van der Waals surface area contributed by atoms with Crippen LogP contribution in [0.1, 0.15) is 33.1 Å². The molecule has 20 heavy (non-hydrogen) atoms. The second kappa shape index (κ2) is 8.94. The van der Waals surface area contributed by atoms with Crippen LogP contribution in [0, 0.1) is 5.92 Å². The number of methoxy groups -OCH3 is 1. The summed E-state index contributed by atoms with van der Waals surface area (Å²) in [5.41, 5.74) is 0. The molecular weight excluding hydrogens is 278 g/mol. The minimum Gasteiger partial charge on any atom is -0.383 e. The highest BCUT2D eigenvalue weighted by Crippen LogP contribution is 2.22. The highest BCUT2D eigenvalue weighted by atomic mass is 32.2. The van der Waals surface area contributed by atoms with Crippen LogP contribution in [-0.2, 0) is 14.9 Å². The number of hydrogen-bond donors (Lipinski definition) is 2. The smallest absolute Gasteiger partial charge is 0.279 e. The van der Waals surface area contributed by atoms with E-state index in [1.54, 1.807) is 11.4 Å². The summed E-state index contributed by atoms with van der Waals surface area (Å²) in [5, 5.41) is 3.53. The van der Waals surface area contributed by atoms with Gasteiger partial charge in [-0.05, 0) is 25.3 Å². The van der Waals surface area contributed by atoms with Crippen molar-refractivity contribution in [2.75, 3.05) is 39.9 Å². The lowest BCUT2D eigenvalue weighted by molar-refractivity contribution is 0.193. The van der Waals surface area contributed by atoms with Gasteiger partial charge >= 0.3 is 0 Å². The van der Waals surface area contributed by atoms with Crippen LogP contribution in [0.3, 0.4) is 0 Å². The maximum absolute atomic E-state index is 12.2. The molecule has 120 valence electrons. The van der Waals surface area contributed by atoms with Gasteiger partial charge in [0.2, 0.25) is 0 Å². The van der Waals surface area contributed by atoms with Crippen molar-refractivity contribution in [2.24, 2.45) is 5.92 Å². The van der Waals surface area contributed by atoms with E-state index in [0.29, 0.717) is 38.2 Å². The van der Waals surface area contributed by atoms with Gasteiger partial charge in [0.05, 0.1) is 6.61 Å². The Morgan fingerprint density at radius 3 is 2.65 bits per heavy atom. The maximum Gasteiger partial charge on any atom is 0.279 e. The molecule has 0 aliphatic carbocycles. The van der Waals surface area contributed by atoms with Gasteiger partial charge in [-0.15, -0.1) is 0 Å². The second-order valence-electron chi connectivity index (χ2n) is 5.27. The van der Waals surface area contributed by atoms with Gasteiger partial charge in [0, 0.05) is 32.8 Å². The van der Waals surface area contributed by atoms with Crippen LogP contribution in [-0.4, -0.2) is 58.7 Å². The number of ether oxygens (including phenoxy) is 1. The average Bonchev–Trinajstić information content (AvgIpc) is 2.45. The van der Waals surface area contributed by atoms with Gasteiger partial charge in [0.25, 0.3) is 10.2 Å². The van der Waals surface area contributed by atoms with Crippen LogP contribution in [0.25, 0.3) is 0 Å². The molecule has 2 atom stereocenters. The van der Waals surface area contributed by atoms with Crippen LogP contribution in [0.2, 0.25) is 0 Å². The topological polar surface area (TPSA) is 70.7 Å². The third-order valence-electron chi connectivity index (χ3n) is 3.81. The standard InChI is InChI=1S/C13H29N3O3S/c1-4-7-14-13-6-9-16(11-12(13)5-2)20(17,18)15-8-10-19-3/h12-15H,4-11H2,1-3H3. The Hall–Kier alpha value is -0.210. The zero-order chi connectivity index (χ0) is 15.0. The molecule has 1 saturated heterocycles. The molecule has 0 bridgehead atoms. The molecular formula is C13H29N3O3S. The van der Waals surface area contributed by atoms with Crippen molar-refractivity contribution in [3.05, 3.63) is 0 Å². The van der Waals surface area contributed by atoms with Crippen LogP contribution < -0.4 is 10.0 Å². The van der Waals surface area contributed by atoms with Gasteiger partial charge in [0.1, 0.15) is 0 Å². The lowest BCUT2D eigenvalue weighted by Crippen LogP contribution is -2.53. The van der Waals surface area contributed by atoms with Gasteiger partial charge < -0.3 is 10.1 Å². The molecule has 7 heteroatoms. The Labute approximate surface area is 123 Å². The van der Waals surface area contributed by atoms with Crippen LogP contribution in [0.5, 0.6) is 0 Å². The minimum atomic E-state index is -3.37. The highest BCUT2D eigenvalue weighted by Gasteiger charge is 2.33. The molecule has 1 aliphatic heterocycles. The fourth-order valence-corrected chi connectivity index (χ4v) is 3.85. The van der Waals surface area contributed by atoms with E-state index in [1.807, 2.05) is 0 Å². The first-order valence-corrected chi connectivity index (χ1v) is 8.96. The SMILES string of the molecule is CCCNC1CCN(S(=O)(=O)NCCOC)CC1CC. The third-order valence-corrected chi connectivity index (χ3v) is 5.39. The number of piperidine rings is 1. The van der Waals surface area contributed by atoms with E-state index in [4.69, 9.17) is 4.74 Å². The average molecular weight is 307 g/mol. The van der Waals surface area contributed by atoms with Gasteiger partial charge in [-0.2, -0.15) is 17.4 Å². The van der Waals surface area contributed by atoms with E-state index in [9.17, 15) is 8.42 Å². The first-order valence-electron chi connectivity index (χ1n) is 7.52. The van der Waals surface area contributed by atoms with E-state index >= 15 is 0 Å². The third kappa shape index (κ3) is 5.29. The van der Waals surface area contributed by atoms with E-state index in [1.165, 1.54) is 0 Å². The number of rotatable bonds is 9. The molecule has 1 heterocycles. The van der Waals surface area contributed by atoms with Gasteiger partial charge in [-0.3, -0.25) is 0 Å². The molecule has 1 aliphatic rings. The molecule has 0 aromatic heterocycles. The summed E-state index contributed by atoms with van der Waals surface area (Å²) < 4.78 is 33.4. The first-order chi connectivity index (χ1) is 9.55. The van der Waals surface area contributed by atoms with Crippen molar-refractivity contribution in [2.45, 2.75) is 39.2 Å². The van der Waals surface area contributed by atoms with E-state index < -0.39 is 10.2 Å². The van der Waals surface area contributed by atoms with Crippen molar-refractivity contribution in [1.82, 2.24) is 14.3 Å². The molecule has 2 N–H and O–H groups in total. The summed E-state index contributed by atoms with van der Waals surface area (Å²) in [7, 11) is -1.81. The molecule has 1 rings (SSSR count). The summed E-state index contributed by atoms with van der Waals surface area (Å²) >= 11 is 0. The molecule has 0 aromatic rings. The zero-order valence-electron chi connectivity index (χ0n) is 12.9. The Morgan fingerprint density at radius 1 is 1.30 bits per heavy atom. The summed E-state index contributed by atoms with van der Waals surface area (Å²) in [6, 6.07) is 0.436. The van der Waals surface area contributed by atoms with Crippen LogP contribution in [0.4, 0.5) is 0 Å². The number of nitrogens with one attached hydrogen (secondary N) is 2. The summed E-state index contributed by atoms with van der Waals surface area (Å²) in [6.07, 6.45) is 2.97. The summed E-state index contributed by atoms with van der Waals surface area (Å²) in [4.78, 5) is 0. The normalized spacial score (nSPS) is 24.9. The van der Waals surface area contributed by atoms with Crippen molar-refractivity contribution in [3.8, 4) is 0 Å². The molecule has 0 radical (unpaired) electrons. The Bertz CT molecular complexity index is 362. The predicted molar refractivity (Wildman–Crippen MR) is 80.9 cm³/mol. The minimum absolute atomic E-state index is 0.323. The quantitative estimate of drug-likeness (QED) is 0.611. The predicted octanol–water partition coefficient (Wildman–Crippen LogP) is 0.567. The molecule has 2 unspecified atom stereocenters. The van der Waals surface area contributed by atoms with E-state index in [-0.39, 0.29) is 0 Å². The van der Waals surface area contributed by atoms with Crippen LogP contribution >= 0.6 is 0 Å². The molecule has 0 spiro atoms. The monoisotopic (exact) mass is 307 g/mol. The number of nitrogens with zero attached hydrogens (tertiary/aromatic N) is 1. The van der Waals surface area contributed by atoms with E-state index in [0.717, 1.165) is 25.8 Å². The molecule has 0 aromatic carbocycles. The fraction of sp³-hybridized carbons (Fsp3) is 1.00. The lowest BCUT2D eigenvalue weighted by Gasteiger charge is -2.38. The van der Waals surface area contributed by atoms with Crippen molar-refractivity contribution in [1.29, 1.82) is 0 Å². The van der Waals surface area contributed by atoms with Gasteiger partial charge in [0.15, 0.2) is 0 Å². The Kier molecular flexibility index (Phi) is 7.98. The molecule has 1 fully saturated rings.